The SMILES string of the molecule is CN(C)C(=O)CN(C)C1CCOC1=O. The Hall–Kier alpha value is -1.10. The van der Waals surface area contributed by atoms with E-state index in [4.69, 9.17) is 4.74 Å². The fraction of sp³-hybridized carbons (Fsp3) is 0.778. The van der Waals surface area contributed by atoms with Crippen molar-refractivity contribution >= 4 is 11.9 Å². The Balaban J connectivity index is 2.45. The molecule has 0 aromatic heterocycles. The van der Waals surface area contributed by atoms with Gasteiger partial charge in [-0.25, -0.2) is 0 Å². The summed E-state index contributed by atoms with van der Waals surface area (Å²) in [7, 11) is 5.16. The highest BCUT2D eigenvalue weighted by atomic mass is 16.5. The number of likely N-dealkylation sites (N-methyl/N-ethyl adjacent to an activating group) is 2. The molecule has 14 heavy (non-hydrogen) atoms. The van der Waals surface area contributed by atoms with Crippen molar-refractivity contribution in [3.05, 3.63) is 0 Å². The van der Waals surface area contributed by atoms with E-state index in [1.54, 1.807) is 26.0 Å². The van der Waals surface area contributed by atoms with E-state index in [0.29, 0.717) is 13.0 Å². The van der Waals surface area contributed by atoms with E-state index in [9.17, 15) is 9.59 Å². The first-order chi connectivity index (χ1) is 6.52. The molecule has 0 radical (unpaired) electrons. The van der Waals surface area contributed by atoms with Gasteiger partial charge in [0.2, 0.25) is 5.91 Å². The Morgan fingerprint density at radius 3 is 2.57 bits per heavy atom. The first kappa shape index (κ1) is 11.0. The van der Waals surface area contributed by atoms with E-state index < -0.39 is 0 Å². The van der Waals surface area contributed by atoms with Crippen molar-refractivity contribution in [3.63, 3.8) is 0 Å². The number of cyclic esters (lactones) is 1. The quantitative estimate of drug-likeness (QED) is 0.566. The lowest BCUT2D eigenvalue weighted by atomic mass is 10.2. The molecule has 1 fully saturated rings. The maximum atomic E-state index is 11.3. The topological polar surface area (TPSA) is 49.9 Å². The van der Waals surface area contributed by atoms with Gasteiger partial charge in [0.05, 0.1) is 13.2 Å². The van der Waals surface area contributed by atoms with Crippen molar-refractivity contribution in [2.45, 2.75) is 12.5 Å². The van der Waals surface area contributed by atoms with Gasteiger partial charge in [0.1, 0.15) is 6.04 Å². The average Bonchev–Trinajstić information content (AvgIpc) is 2.51. The Bertz CT molecular complexity index is 240. The van der Waals surface area contributed by atoms with E-state index in [1.807, 2.05) is 0 Å². The molecular formula is C9H16N2O3. The third kappa shape index (κ3) is 2.45. The molecule has 0 aromatic rings. The standard InChI is InChI=1S/C9H16N2O3/c1-10(2)8(12)6-11(3)7-4-5-14-9(7)13/h7H,4-6H2,1-3H3. The highest BCUT2D eigenvalue weighted by molar-refractivity contribution is 5.81. The molecular weight excluding hydrogens is 184 g/mol. The van der Waals surface area contributed by atoms with E-state index in [1.165, 1.54) is 4.90 Å². The maximum absolute atomic E-state index is 11.3. The van der Waals surface area contributed by atoms with Gasteiger partial charge < -0.3 is 9.64 Å². The first-order valence-corrected chi connectivity index (χ1v) is 4.59. The van der Waals surface area contributed by atoms with Gasteiger partial charge in [-0.05, 0) is 7.05 Å². The summed E-state index contributed by atoms with van der Waals surface area (Å²) in [6.07, 6.45) is 0.677. The minimum absolute atomic E-state index is 0.00722. The summed E-state index contributed by atoms with van der Waals surface area (Å²) < 4.78 is 4.82. The van der Waals surface area contributed by atoms with Crippen molar-refractivity contribution in [1.29, 1.82) is 0 Å². The summed E-state index contributed by atoms with van der Waals surface area (Å²) >= 11 is 0. The van der Waals surface area contributed by atoms with Crippen LogP contribution in [0, 0.1) is 0 Å². The highest BCUT2D eigenvalue weighted by Crippen LogP contribution is 2.11. The molecule has 0 saturated carbocycles. The van der Waals surface area contributed by atoms with Crippen LogP contribution in [-0.4, -0.2) is 62.0 Å². The molecule has 1 aliphatic heterocycles. The van der Waals surface area contributed by atoms with Crippen molar-refractivity contribution in [2.24, 2.45) is 0 Å². The van der Waals surface area contributed by atoms with Crippen LogP contribution < -0.4 is 0 Å². The predicted octanol–water partition coefficient (Wildman–Crippen LogP) is -0.678. The summed E-state index contributed by atoms with van der Waals surface area (Å²) in [5.41, 5.74) is 0. The third-order valence-corrected chi connectivity index (χ3v) is 2.32. The van der Waals surface area contributed by atoms with Crippen molar-refractivity contribution in [1.82, 2.24) is 9.80 Å². The molecule has 5 heteroatoms. The number of esters is 1. The number of ether oxygens (including phenoxy) is 1. The summed E-state index contributed by atoms with van der Waals surface area (Å²) in [5.74, 6) is -0.230. The third-order valence-electron chi connectivity index (χ3n) is 2.32. The lowest BCUT2D eigenvalue weighted by Gasteiger charge is -2.21. The van der Waals surface area contributed by atoms with E-state index in [0.717, 1.165) is 0 Å². The van der Waals surface area contributed by atoms with E-state index in [2.05, 4.69) is 0 Å². The van der Waals surface area contributed by atoms with Crippen molar-refractivity contribution in [2.75, 3.05) is 34.3 Å². The minimum Gasteiger partial charge on any atom is -0.464 e. The van der Waals surface area contributed by atoms with Gasteiger partial charge in [0, 0.05) is 20.5 Å². The van der Waals surface area contributed by atoms with E-state index in [-0.39, 0.29) is 24.5 Å². The molecule has 1 atom stereocenters. The molecule has 0 aromatic carbocycles. The van der Waals surface area contributed by atoms with Crippen LogP contribution in [0.1, 0.15) is 6.42 Å². The van der Waals surface area contributed by atoms with Gasteiger partial charge >= 0.3 is 5.97 Å². The van der Waals surface area contributed by atoms with Crippen molar-refractivity contribution in [3.8, 4) is 0 Å². The van der Waals surface area contributed by atoms with Crippen LogP contribution in [0.15, 0.2) is 0 Å². The second-order valence-corrected chi connectivity index (χ2v) is 3.68. The monoisotopic (exact) mass is 200 g/mol. The molecule has 80 valence electrons. The molecule has 1 heterocycles. The fourth-order valence-electron chi connectivity index (χ4n) is 1.35. The van der Waals surface area contributed by atoms with Crippen LogP contribution in [0.3, 0.4) is 0 Å². The smallest absolute Gasteiger partial charge is 0.323 e. The second kappa shape index (κ2) is 4.41. The Morgan fingerprint density at radius 1 is 1.50 bits per heavy atom. The Morgan fingerprint density at radius 2 is 2.14 bits per heavy atom. The van der Waals surface area contributed by atoms with Gasteiger partial charge in [0.25, 0.3) is 0 Å². The Labute approximate surface area is 83.6 Å². The fourth-order valence-corrected chi connectivity index (χ4v) is 1.35. The first-order valence-electron chi connectivity index (χ1n) is 4.59. The molecule has 1 saturated heterocycles. The zero-order chi connectivity index (χ0) is 10.7. The molecule has 1 amide bonds. The normalized spacial score (nSPS) is 21.1. The summed E-state index contributed by atoms with van der Waals surface area (Å²) in [5, 5.41) is 0. The largest absolute Gasteiger partial charge is 0.464 e. The number of rotatable bonds is 3. The number of carbonyl (C=O) groups excluding carboxylic acids is 2. The molecule has 0 N–H and O–H groups in total. The van der Waals surface area contributed by atoms with Gasteiger partial charge in [-0.2, -0.15) is 0 Å². The second-order valence-electron chi connectivity index (χ2n) is 3.68. The van der Waals surface area contributed by atoms with Crippen LogP contribution in [0.2, 0.25) is 0 Å². The number of amides is 1. The average molecular weight is 200 g/mol. The molecule has 0 aliphatic carbocycles. The lowest BCUT2D eigenvalue weighted by Crippen LogP contribution is -2.42. The van der Waals surface area contributed by atoms with Crippen LogP contribution in [0.25, 0.3) is 0 Å². The van der Waals surface area contributed by atoms with Crippen LogP contribution in [-0.2, 0) is 14.3 Å². The molecule has 1 unspecified atom stereocenters. The van der Waals surface area contributed by atoms with Gasteiger partial charge in [0.15, 0.2) is 0 Å². The summed E-state index contributed by atoms with van der Waals surface area (Å²) in [4.78, 5) is 25.8. The van der Waals surface area contributed by atoms with Gasteiger partial charge in [-0.3, -0.25) is 14.5 Å². The summed E-state index contributed by atoms with van der Waals surface area (Å²) in [6.45, 7) is 0.719. The Kier molecular flexibility index (Phi) is 3.46. The van der Waals surface area contributed by atoms with Crippen molar-refractivity contribution < 1.29 is 14.3 Å². The van der Waals surface area contributed by atoms with Gasteiger partial charge in [-0.15, -0.1) is 0 Å². The maximum Gasteiger partial charge on any atom is 0.323 e. The zero-order valence-corrected chi connectivity index (χ0v) is 8.82. The predicted molar refractivity (Wildman–Crippen MR) is 50.7 cm³/mol. The number of nitrogens with zero attached hydrogens (tertiary/aromatic N) is 2. The zero-order valence-electron chi connectivity index (χ0n) is 8.82. The molecule has 5 nitrogen and oxygen atoms in total. The molecule has 1 rings (SSSR count). The van der Waals surface area contributed by atoms with Crippen LogP contribution in [0.4, 0.5) is 0 Å². The summed E-state index contributed by atoms with van der Waals surface area (Å²) in [6, 6.07) is -0.251. The molecule has 0 bridgehead atoms. The molecule has 0 spiro atoms. The highest BCUT2D eigenvalue weighted by Gasteiger charge is 2.31. The number of hydrogen-bond acceptors (Lipinski definition) is 4. The van der Waals surface area contributed by atoms with Crippen LogP contribution in [0.5, 0.6) is 0 Å². The van der Waals surface area contributed by atoms with Crippen LogP contribution >= 0.6 is 0 Å². The van der Waals surface area contributed by atoms with E-state index >= 15 is 0 Å². The lowest BCUT2D eigenvalue weighted by molar-refractivity contribution is -0.142. The number of hydrogen-bond donors (Lipinski definition) is 0. The number of carbonyl (C=O) groups is 2. The van der Waals surface area contributed by atoms with Gasteiger partial charge in [-0.1, -0.05) is 0 Å². The minimum atomic E-state index is -0.251. The molecule has 1 aliphatic rings.